The van der Waals surface area contributed by atoms with Crippen molar-refractivity contribution < 1.29 is 13.2 Å². The molecular weight excluding hydrogens is 360 g/mol. The molecule has 0 aliphatic carbocycles. The van der Waals surface area contributed by atoms with E-state index in [1.807, 2.05) is 24.3 Å². The number of primary amides is 1. The summed E-state index contributed by atoms with van der Waals surface area (Å²) in [6.45, 7) is -0.459. The second kappa shape index (κ2) is 6.74. The Morgan fingerprint density at radius 3 is 2.28 bits per heavy atom. The summed E-state index contributed by atoms with van der Waals surface area (Å²) in [5.41, 5.74) is 5.70. The molecular formula is C18H15ClN2O3S. The van der Waals surface area contributed by atoms with Crippen molar-refractivity contribution in [2.24, 2.45) is 5.73 Å². The van der Waals surface area contributed by atoms with E-state index in [0.29, 0.717) is 16.1 Å². The third-order valence-corrected chi connectivity index (χ3v) is 5.76. The van der Waals surface area contributed by atoms with Gasteiger partial charge in [-0.15, -0.1) is 0 Å². The van der Waals surface area contributed by atoms with Gasteiger partial charge in [0.15, 0.2) is 0 Å². The van der Waals surface area contributed by atoms with Crippen LogP contribution in [0.1, 0.15) is 0 Å². The Balaban J connectivity index is 2.20. The van der Waals surface area contributed by atoms with Crippen molar-refractivity contribution in [3.8, 4) is 0 Å². The van der Waals surface area contributed by atoms with Gasteiger partial charge in [-0.25, -0.2) is 8.42 Å². The number of nitrogens with zero attached hydrogens (tertiary/aromatic N) is 1. The maximum Gasteiger partial charge on any atom is 0.264 e. The molecule has 128 valence electrons. The van der Waals surface area contributed by atoms with Gasteiger partial charge in [0.2, 0.25) is 5.91 Å². The van der Waals surface area contributed by atoms with Crippen molar-refractivity contribution in [3.63, 3.8) is 0 Å². The van der Waals surface area contributed by atoms with Crippen LogP contribution in [-0.2, 0) is 14.8 Å². The molecule has 3 rings (SSSR count). The van der Waals surface area contributed by atoms with E-state index in [1.54, 1.807) is 18.2 Å². The van der Waals surface area contributed by atoms with Gasteiger partial charge in [0.05, 0.1) is 10.6 Å². The van der Waals surface area contributed by atoms with Gasteiger partial charge < -0.3 is 5.73 Å². The topological polar surface area (TPSA) is 80.5 Å². The summed E-state index contributed by atoms with van der Waals surface area (Å²) < 4.78 is 27.2. The number of rotatable bonds is 5. The normalized spacial score (nSPS) is 11.4. The van der Waals surface area contributed by atoms with Crippen LogP contribution in [0.25, 0.3) is 10.8 Å². The number of sulfonamides is 1. The highest BCUT2D eigenvalue weighted by atomic mass is 35.5. The molecule has 0 aliphatic heterocycles. The van der Waals surface area contributed by atoms with E-state index in [-0.39, 0.29) is 4.90 Å². The molecule has 0 saturated heterocycles. The lowest BCUT2D eigenvalue weighted by Gasteiger charge is -2.24. The first-order valence-electron chi connectivity index (χ1n) is 7.44. The molecule has 7 heteroatoms. The monoisotopic (exact) mass is 374 g/mol. The third-order valence-electron chi connectivity index (χ3n) is 3.74. The molecule has 2 N–H and O–H groups in total. The predicted molar refractivity (Wildman–Crippen MR) is 99.1 cm³/mol. The fourth-order valence-electron chi connectivity index (χ4n) is 2.60. The van der Waals surface area contributed by atoms with Gasteiger partial charge in [0, 0.05) is 10.4 Å². The number of hydrogen-bond donors (Lipinski definition) is 1. The highest BCUT2D eigenvalue weighted by Crippen LogP contribution is 2.31. The summed E-state index contributed by atoms with van der Waals surface area (Å²) in [5, 5.41) is 2.00. The van der Waals surface area contributed by atoms with Gasteiger partial charge in [0.1, 0.15) is 6.54 Å². The maximum absolute atomic E-state index is 13.1. The summed E-state index contributed by atoms with van der Waals surface area (Å²) in [7, 11) is -3.98. The number of carbonyl (C=O) groups excluding carboxylic acids is 1. The Kier molecular flexibility index (Phi) is 4.65. The van der Waals surface area contributed by atoms with Crippen LogP contribution in [0.15, 0.2) is 71.6 Å². The van der Waals surface area contributed by atoms with E-state index in [1.165, 1.54) is 24.3 Å². The molecule has 25 heavy (non-hydrogen) atoms. The van der Waals surface area contributed by atoms with Crippen molar-refractivity contribution in [2.75, 3.05) is 10.8 Å². The molecule has 0 radical (unpaired) electrons. The van der Waals surface area contributed by atoms with Crippen LogP contribution in [0.3, 0.4) is 0 Å². The summed E-state index contributed by atoms with van der Waals surface area (Å²) in [6.07, 6.45) is 0. The average Bonchev–Trinajstić information content (AvgIpc) is 2.59. The minimum Gasteiger partial charge on any atom is -0.368 e. The maximum atomic E-state index is 13.1. The highest BCUT2D eigenvalue weighted by molar-refractivity contribution is 7.92. The molecule has 0 fully saturated rings. The van der Waals surface area contributed by atoms with Crippen molar-refractivity contribution in [3.05, 3.63) is 71.8 Å². The second-order valence-corrected chi connectivity index (χ2v) is 7.73. The Morgan fingerprint density at radius 2 is 1.60 bits per heavy atom. The van der Waals surface area contributed by atoms with E-state index in [9.17, 15) is 13.2 Å². The van der Waals surface area contributed by atoms with E-state index >= 15 is 0 Å². The Hall–Kier alpha value is -2.57. The number of fused-ring (bicyclic) bond motifs is 1. The van der Waals surface area contributed by atoms with Crippen molar-refractivity contribution in [2.45, 2.75) is 4.90 Å². The second-order valence-electron chi connectivity index (χ2n) is 5.43. The van der Waals surface area contributed by atoms with Crippen LogP contribution in [0.5, 0.6) is 0 Å². The number of halogens is 1. The lowest BCUT2D eigenvalue weighted by Crippen LogP contribution is -2.38. The minimum atomic E-state index is -3.98. The fraction of sp³-hybridized carbons (Fsp3) is 0.0556. The summed E-state index contributed by atoms with van der Waals surface area (Å²) in [5.74, 6) is -0.745. The van der Waals surface area contributed by atoms with Crippen LogP contribution in [0.4, 0.5) is 5.69 Å². The predicted octanol–water partition coefficient (Wildman–Crippen LogP) is 3.17. The zero-order valence-corrected chi connectivity index (χ0v) is 14.7. The number of benzene rings is 3. The number of nitrogens with two attached hydrogens (primary N) is 1. The number of anilines is 1. The van der Waals surface area contributed by atoms with Gasteiger partial charge in [-0.1, -0.05) is 48.0 Å². The summed E-state index contributed by atoms with van der Waals surface area (Å²) in [6, 6.07) is 18.4. The first-order valence-corrected chi connectivity index (χ1v) is 9.26. The third kappa shape index (κ3) is 3.45. The summed E-state index contributed by atoms with van der Waals surface area (Å²) in [4.78, 5) is 11.6. The molecule has 0 bridgehead atoms. The molecule has 0 aromatic heterocycles. The zero-order chi connectivity index (χ0) is 18.0. The number of amides is 1. The van der Waals surface area contributed by atoms with Gasteiger partial charge in [0.25, 0.3) is 10.0 Å². The SMILES string of the molecule is NC(=O)CN(c1cccc2ccccc12)S(=O)(=O)c1ccc(Cl)cc1. The lowest BCUT2D eigenvalue weighted by molar-refractivity contribution is -0.116. The molecule has 0 atom stereocenters. The Morgan fingerprint density at radius 1 is 0.960 bits per heavy atom. The highest BCUT2D eigenvalue weighted by Gasteiger charge is 2.27. The Labute approximate surface area is 150 Å². The molecule has 3 aromatic carbocycles. The number of hydrogen-bond acceptors (Lipinski definition) is 3. The van der Waals surface area contributed by atoms with Gasteiger partial charge in [-0.05, 0) is 35.7 Å². The fourth-order valence-corrected chi connectivity index (χ4v) is 4.18. The van der Waals surface area contributed by atoms with Crippen molar-refractivity contribution >= 4 is 44.0 Å². The van der Waals surface area contributed by atoms with Gasteiger partial charge in [-0.2, -0.15) is 0 Å². The van der Waals surface area contributed by atoms with Crippen LogP contribution in [0.2, 0.25) is 5.02 Å². The largest absolute Gasteiger partial charge is 0.368 e. The van der Waals surface area contributed by atoms with Crippen LogP contribution in [-0.4, -0.2) is 20.9 Å². The van der Waals surface area contributed by atoms with Crippen LogP contribution >= 0.6 is 11.6 Å². The van der Waals surface area contributed by atoms with E-state index in [4.69, 9.17) is 17.3 Å². The quantitative estimate of drug-likeness (QED) is 0.744. The lowest BCUT2D eigenvalue weighted by atomic mass is 10.1. The molecule has 3 aromatic rings. The zero-order valence-electron chi connectivity index (χ0n) is 13.1. The van der Waals surface area contributed by atoms with Crippen molar-refractivity contribution in [1.29, 1.82) is 0 Å². The van der Waals surface area contributed by atoms with E-state index < -0.39 is 22.5 Å². The first kappa shape index (κ1) is 17.3. The van der Waals surface area contributed by atoms with Crippen LogP contribution in [0, 0.1) is 0 Å². The first-order chi connectivity index (χ1) is 11.9. The standard InChI is InChI=1S/C18H15ClN2O3S/c19-14-8-10-15(11-9-14)25(23,24)21(12-18(20)22)17-7-3-5-13-4-1-2-6-16(13)17/h1-11H,12H2,(H2,20,22). The molecule has 0 aliphatic rings. The molecule has 0 saturated carbocycles. The van der Waals surface area contributed by atoms with Gasteiger partial charge in [-0.3, -0.25) is 9.10 Å². The van der Waals surface area contributed by atoms with Crippen LogP contribution < -0.4 is 10.0 Å². The minimum absolute atomic E-state index is 0.0334. The van der Waals surface area contributed by atoms with Crippen molar-refractivity contribution in [1.82, 2.24) is 0 Å². The van der Waals surface area contributed by atoms with E-state index in [0.717, 1.165) is 9.69 Å². The van der Waals surface area contributed by atoms with Gasteiger partial charge >= 0.3 is 0 Å². The van der Waals surface area contributed by atoms with E-state index in [2.05, 4.69) is 0 Å². The smallest absolute Gasteiger partial charge is 0.264 e. The molecule has 1 amide bonds. The Bertz CT molecular complexity index is 1030. The molecule has 0 heterocycles. The number of carbonyl (C=O) groups is 1. The summed E-state index contributed by atoms with van der Waals surface area (Å²) >= 11 is 5.84. The molecule has 0 unspecified atom stereocenters. The average molecular weight is 375 g/mol. The molecule has 0 spiro atoms. The molecule has 5 nitrogen and oxygen atoms in total.